The minimum Gasteiger partial charge on any atom is -0.497 e. The van der Waals surface area contributed by atoms with Crippen LogP contribution < -0.4 is 9.47 Å². The van der Waals surface area contributed by atoms with E-state index in [1.165, 1.54) is 0 Å². The molecule has 0 amide bonds. The second-order valence-electron chi connectivity index (χ2n) is 5.01. The Kier molecular flexibility index (Phi) is 4.39. The van der Waals surface area contributed by atoms with Crippen molar-refractivity contribution in [1.82, 2.24) is 0 Å². The SMILES string of the molecule is COc1ccc(C(=O)Oc2cccc(-c3ccccc3)c2)cc1. The Morgan fingerprint density at radius 1 is 0.739 bits per heavy atom. The topological polar surface area (TPSA) is 35.5 Å². The van der Waals surface area contributed by atoms with E-state index in [2.05, 4.69) is 0 Å². The average molecular weight is 304 g/mol. The highest BCUT2D eigenvalue weighted by Crippen LogP contribution is 2.24. The largest absolute Gasteiger partial charge is 0.497 e. The number of hydrogen-bond acceptors (Lipinski definition) is 3. The minimum atomic E-state index is -0.391. The number of rotatable bonds is 4. The molecule has 0 N–H and O–H groups in total. The fraction of sp³-hybridized carbons (Fsp3) is 0.0500. The van der Waals surface area contributed by atoms with Gasteiger partial charge in [0, 0.05) is 0 Å². The maximum Gasteiger partial charge on any atom is 0.343 e. The molecule has 0 aromatic heterocycles. The Hall–Kier alpha value is -3.07. The maximum absolute atomic E-state index is 12.2. The molecule has 3 heteroatoms. The molecular weight excluding hydrogens is 288 g/mol. The average Bonchev–Trinajstić information content (AvgIpc) is 2.63. The third-order valence-corrected chi connectivity index (χ3v) is 3.48. The van der Waals surface area contributed by atoms with Crippen LogP contribution in [0.4, 0.5) is 0 Å². The van der Waals surface area contributed by atoms with Crippen molar-refractivity contribution < 1.29 is 14.3 Å². The smallest absolute Gasteiger partial charge is 0.343 e. The highest BCUT2D eigenvalue weighted by Gasteiger charge is 2.09. The fourth-order valence-corrected chi connectivity index (χ4v) is 2.26. The van der Waals surface area contributed by atoms with Gasteiger partial charge in [0.05, 0.1) is 12.7 Å². The van der Waals surface area contributed by atoms with Gasteiger partial charge < -0.3 is 9.47 Å². The zero-order valence-corrected chi connectivity index (χ0v) is 12.7. The van der Waals surface area contributed by atoms with Gasteiger partial charge in [-0.15, -0.1) is 0 Å². The first-order chi connectivity index (χ1) is 11.3. The third-order valence-electron chi connectivity index (χ3n) is 3.48. The molecule has 3 aromatic carbocycles. The van der Waals surface area contributed by atoms with E-state index in [9.17, 15) is 4.79 Å². The molecule has 0 aliphatic rings. The van der Waals surface area contributed by atoms with Crippen LogP contribution in [0.15, 0.2) is 78.9 Å². The predicted molar refractivity (Wildman–Crippen MR) is 89.8 cm³/mol. The number of carbonyl (C=O) groups is 1. The number of methoxy groups -OCH3 is 1. The molecule has 0 atom stereocenters. The summed E-state index contributed by atoms with van der Waals surface area (Å²) in [7, 11) is 1.59. The molecule has 0 saturated heterocycles. The summed E-state index contributed by atoms with van der Waals surface area (Å²) in [6.07, 6.45) is 0. The Balaban J connectivity index is 1.78. The van der Waals surface area contributed by atoms with Gasteiger partial charge in [-0.2, -0.15) is 0 Å². The number of carbonyl (C=O) groups excluding carboxylic acids is 1. The maximum atomic E-state index is 12.2. The molecule has 0 unspecified atom stereocenters. The molecule has 0 bridgehead atoms. The summed E-state index contributed by atoms with van der Waals surface area (Å²) in [5.41, 5.74) is 2.57. The normalized spacial score (nSPS) is 10.1. The summed E-state index contributed by atoms with van der Waals surface area (Å²) in [6.45, 7) is 0. The lowest BCUT2D eigenvalue weighted by molar-refractivity contribution is 0.0735. The van der Waals surface area contributed by atoms with Crippen molar-refractivity contribution in [2.75, 3.05) is 7.11 Å². The van der Waals surface area contributed by atoms with Crippen molar-refractivity contribution in [1.29, 1.82) is 0 Å². The first-order valence-electron chi connectivity index (χ1n) is 7.28. The van der Waals surface area contributed by atoms with Gasteiger partial charge in [-0.05, 0) is 47.5 Å². The van der Waals surface area contributed by atoms with Crippen LogP contribution in [-0.2, 0) is 0 Å². The van der Waals surface area contributed by atoms with E-state index in [1.54, 1.807) is 37.4 Å². The lowest BCUT2D eigenvalue weighted by Gasteiger charge is -2.07. The Bertz CT molecular complexity index is 793. The number of hydrogen-bond donors (Lipinski definition) is 0. The van der Waals surface area contributed by atoms with Crippen molar-refractivity contribution in [2.45, 2.75) is 0 Å². The molecule has 3 nitrogen and oxygen atoms in total. The standard InChI is InChI=1S/C20H16O3/c1-22-18-12-10-16(11-13-18)20(21)23-19-9-5-8-17(14-19)15-6-3-2-4-7-15/h2-14H,1H3. The van der Waals surface area contributed by atoms with Crippen LogP contribution in [0.5, 0.6) is 11.5 Å². The summed E-state index contributed by atoms with van der Waals surface area (Å²) in [5.74, 6) is 0.831. The Labute approximate surface area is 135 Å². The van der Waals surface area contributed by atoms with Gasteiger partial charge in [-0.3, -0.25) is 0 Å². The van der Waals surface area contributed by atoms with Crippen LogP contribution in [-0.4, -0.2) is 13.1 Å². The molecule has 0 saturated carbocycles. The predicted octanol–water partition coefficient (Wildman–Crippen LogP) is 4.58. The van der Waals surface area contributed by atoms with E-state index < -0.39 is 5.97 Å². The summed E-state index contributed by atoms with van der Waals surface area (Å²) in [4.78, 5) is 12.2. The molecule has 0 aliphatic heterocycles. The van der Waals surface area contributed by atoms with Gasteiger partial charge in [-0.1, -0.05) is 42.5 Å². The van der Waals surface area contributed by atoms with Crippen molar-refractivity contribution in [3.8, 4) is 22.6 Å². The Morgan fingerprint density at radius 3 is 2.13 bits per heavy atom. The number of ether oxygens (including phenoxy) is 2. The minimum absolute atomic E-state index is 0.391. The molecule has 3 rings (SSSR count). The van der Waals surface area contributed by atoms with Crippen LogP contribution >= 0.6 is 0 Å². The molecule has 0 heterocycles. The fourth-order valence-electron chi connectivity index (χ4n) is 2.26. The molecule has 114 valence electrons. The van der Waals surface area contributed by atoms with E-state index in [4.69, 9.17) is 9.47 Å². The van der Waals surface area contributed by atoms with Gasteiger partial charge in [-0.25, -0.2) is 4.79 Å². The lowest BCUT2D eigenvalue weighted by Crippen LogP contribution is -2.08. The summed E-state index contributed by atoms with van der Waals surface area (Å²) in [5, 5.41) is 0. The second-order valence-corrected chi connectivity index (χ2v) is 5.01. The zero-order valence-electron chi connectivity index (χ0n) is 12.7. The highest BCUT2D eigenvalue weighted by atomic mass is 16.5. The molecule has 23 heavy (non-hydrogen) atoms. The van der Waals surface area contributed by atoms with Gasteiger partial charge in [0.15, 0.2) is 0 Å². The lowest BCUT2D eigenvalue weighted by atomic mass is 10.1. The van der Waals surface area contributed by atoms with Crippen LogP contribution in [0.3, 0.4) is 0 Å². The van der Waals surface area contributed by atoms with Crippen molar-refractivity contribution in [2.24, 2.45) is 0 Å². The van der Waals surface area contributed by atoms with E-state index in [1.807, 2.05) is 48.5 Å². The van der Waals surface area contributed by atoms with E-state index in [-0.39, 0.29) is 0 Å². The van der Waals surface area contributed by atoms with Crippen LogP contribution in [0.25, 0.3) is 11.1 Å². The van der Waals surface area contributed by atoms with Crippen molar-refractivity contribution >= 4 is 5.97 Å². The third kappa shape index (κ3) is 3.58. The summed E-state index contributed by atoms with van der Waals surface area (Å²) >= 11 is 0. The quantitative estimate of drug-likeness (QED) is 0.523. The summed E-state index contributed by atoms with van der Waals surface area (Å²) < 4.78 is 10.5. The molecular formula is C20H16O3. The van der Waals surface area contributed by atoms with Gasteiger partial charge in [0.2, 0.25) is 0 Å². The molecule has 0 fully saturated rings. The van der Waals surface area contributed by atoms with Crippen LogP contribution in [0.1, 0.15) is 10.4 Å². The van der Waals surface area contributed by atoms with E-state index in [0.29, 0.717) is 17.1 Å². The van der Waals surface area contributed by atoms with Gasteiger partial charge in [0.25, 0.3) is 0 Å². The number of benzene rings is 3. The number of esters is 1. The molecule has 0 aliphatic carbocycles. The van der Waals surface area contributed by atoms with E-state index >= 15 is 0 Å². The first kappa shape index (κ1) is 14.9. The van der Waals surface area contributed by atoms with Crippen LogP contribution in [0.2, 0.25) is 0 Å². The van der Waals surface area contributed by atoms with Crippen LogP contribution in [0, 0.1) is 0 Å². The summed E-state index contributed by atoms with van der Waals surface area (Å²) in [6, 6.07) is 24.3. The molecule has 0 radical (unpaired) electrons. The Morgan fingerprint density at radius 2 is 1.43 bits per heavy atom. The monoisotopic (exact) mass is 304 g/mol. The van der Waals surface area contributed by atoms with Crippen molar-refractivity contribution in [3.05, 3.63) is 84.4 Å². The highest BCUT2D eigenvalue weighted by molar-refractivity contribution is 5.91. The van der Waals surface area contributed by atoms with Crippen molar-refractivity contribution in [3.63, 3.8) is 0 Å². The second kappa shape index (κ2) is 6.79. The molecule has 0 spiro atoms. The van der Waals surface area contributed by atoms with Gasteiger partial charge in [0.1, 0.15) is 11.5 Å². The molecule has 3 aromatic rings. The van der Waals surface area contributed by atoms with E-state index in [0.717, 1.165) is 11.1 Å². The van der Waals surface area contributed by atoms with Gasteiger partial charge >= 0.3 is 5.97 Å². The first-order valence-corrected chi connectivity index (χ1v) is 7.28. The zero-order chi connectivity index (χ0) is 16.1.